The summed E-state index contributed by atoms with van der Waals surface area (Å²) in [6.07, 6.45) is 17.8. The summed E-state index contributed by atoms with van der Waals surface area (Å²) < 4.78 is 44.3. The van der Waals surface area contributed by atoms with Crippen LogP contribution in [-0.4, -0.2) is 124 Å². The molecule has 8 heterocycles. The monoisotopic (exact) mass is 1110 g/mol. The van der Waals surface area contributed by atoms with Gasteiger partial charge in [-0.05, 0) is 90.0 Å². The number of piperidine rings is 2. The van der Waals surface area contributed by atoms with Crippen LogP contribution in [0.2, 0.25) is 0 Å². The van der Waals surface area contributed by atoms with E-state index in [4.69, 9.17) is 39.9 Å². The first-order valence-corrected chi connectivity index (χ1v) is 25.6. The highest BCUT2D eigenvalue weighted by Crippen LogP contribution is 2.43. The Kier molecular flexibility index (Phi) is 19.6. The number of hydrogen-bond acceptors (Lipinski definition) is 18. The Morgan fingerprint density at radius 2 is 0.962 bits per heavy atom. The van der Waals surface area contributed by atoms with Gasteiger partial charge in [-0.15, -0.1) is 22.7 Å². The molecule has 78 heavy (non-hydrogen) atoms. The van der Waals surface area contributed by atoms with Crippen LogP contribution in [0.3, 0.4) is 0 Å². The third-order valence-corrected chi connectivity index (χ3v) is 14.0. The quantitative estimate of drug-likeness (QED) is 0.0472. The van der Waals surface area contributed by atoms with Crippen molar-refractivity contribution in [1.82, 2.24) is 50.1 Å². The third-order valence-electron chi connectivity index (χ3n) is 11.9. The Labute approximate surface area is 452 Å². The Morgan fingerprint density at radius 3 is 1.29 bits per heavy atom. The zero-order valence-electron chi connectivity index (χ0n) is 42.4. The fourth-order valence-corrected chi connectivity index (χ4v) is 10.4. The number of rotatable bonds is 14. The van der Waals surface area contributed by atoms with Crippen molar-refractivity contribution in [3.63, 3.8) is 0 Å². The Hall–Kier alpha value is -8.72. The van der Waals surface area contributed by atoms with Crippen LogP contribution in [0.25, 0.3) is 42.7 Å². The Morgan fingerprint density at radius 1 is 0.603 bits per heavy atom. The summed E-state index contributed by atoms with van der Waals surface area (Å²) in [5.41, 5.74) is 6.84. The lowest BCUT2D eigenvalue weighted by Crippen LogP contribution is -2.29. The summed E-state index contributed by atoms with van der Waals surface area (Å²) in [5.74, 6) is -3.73. The van der Waals surface area contributed by atoms with Crippen LogP contribution >= 0.6 is 22.7 Å². The molecular formula is C52H54F2N12O10S2. The lowest BCUT2D eigenvalue weighted by molar-refractivity contribution is -0.134. The van der Waals surface area contributed by atoms with Crippen molar-refractivity contribution >= 4 is 90.3 Å². The van der Waals surface area contributed by atoms with Crippen molar-refractivity contribution in [3.05, 3.63) is 119 Å². The van der Waals surface area contributed by atoms with Crippen LogP contribution in [0.4, 0.5) is 32.1 Å². The predicted octanol–water partition coefficient (Wildman–Crippen LogP) is 8.78. The van der Waals surface area contributed by atoms with Crippen LogP contribution < -0.4 is 30.7 Å². The van der Waals surface area contributed by atoms with Gasteiger partial charge in [-0.2, -0.15) is 10.2 Å². The van der Waals surface area contributed by atoms with Gasteiger partial charge in [0.25, 0.3) is 0 Å². The number of aryl methyl sites for hydroxylation is 2. The summed E-state index contributed by atoms with van der Waals surface area (Å²) in [5, 5.41) is 53.6. The number of methoxy groups -OCH3 is 2. The molecule has 2 fully saturated rings. The molecule has 2 aliphatic rings. The van der Waals surface area contributed by atoms with Gasteiger partial charge >= 0.3 is 23.9 Å². The maximum atomic E-state index is 13.7. The van der Waals surface area contributed by atoms with E-state index in [1.165, 1.54) is 24.3 Å². The Bertz CT molecular complexity index is 3220. The summed E-state index contributed by atoms with van der Waals surface area (Å²) >= 11 is 3.22. The molecule has 8 N–H and O–H groups in total. The van der Waals surface area contributed by atoms with Gasteiger partial charge in [-0.25, -0.2) is 47.9 Å². The third kappa shape index (κ3) is 15.2. The van der Waals surface area contributed by atoms with Gasteiger partial charge in [0.2, 0.25) is 11.9 Å². The molecule has 0 saturated carbocycles. The van der Waals surface area contributed by atoms with Crippen LogP contribution in [0.1, 0.15) is 47.5 Å². The average Bonchev–Trinajstić information content (AvgIpc) is 4.29. The first-order valence-electron chi connectivity index (χ1n) is 24.0. The average molecular weight is 1110 g/mol. The molecule has 0 amide bonds. The number of carboxylic acids is 4. The van der Waals surface area contributed by atoms with Crippen molar-refractivity contribution in [2.75, 3.05) is 51.0 Å². The molecule has 0 atom stereocenters. The topological polar surface area (TPSA) is 303 Å². The minimum absolute atomic E-state index is 0.333. The van der Waals surface area contributed by atoms with Crippen LogP contribution in [-0.2, 0) is 19.2 Å². The highest BCUT2D eigenvalue weighted by atomic mass is 32.1. The van der Waals surface area contributed by atoms with Crippen LogP contribution in [0, 0.1) is 25.5 Å². The number of fused-ring (bicyclic) bond motifs is 2. The van der Waals surface area contributed by atoms with Crippen molar-refractivity contribution in [2.45, 2.75) is 51.6 Å². The molecular weight excluding hydrogens is 1050 g/mol. The highest BCUT2D eigenvalue weighted by molar-refractivity contribution is 7.20. The number of halogens is 2. The predicted molar refractivity (Wildman–Crippen MR) is 290 cm³/mol. The van der Waals surface area contributed by atoms with Gasteiger partial charge in [-0.1, -0.05) is 0 Å². The second-order valence-electron chi connectivity index (χ2n) is 17.2. The smallest absolute Gasteiger partial charge is 0.328 e. The number of benzene rings is 2. The first kappa shape index (κ1) is 57.0. The van der Waals surface area contributed by atoms with E-state index >= 15 is 0 Å². The number of nitrogens with zero attached hydrogens (tertiary/aromatic N) is 8. The van der Waals surface area contributed by atoms with E-state index in [-0.39, 0.29) is 11.6 Å². The molecule has 26 heteroatoms. The molecule has 2 aliphatic heterocycles. The molecule has 2 saturated heterocycles. The molecule has 0 bridgehead atoms. The standard InChI is InChI=1S/2C22H23FN6OS.2C4H4O4/c2*1-13-20(17-4-3-14(23)9-18(17)30-2)21-19(31-13)11-25-22(28-21)27-15-10-26-29(12-15)16-5-7-24-8-6-16;2*5-3(6)1-2-4(7)8/h2*3-4,9-12,16,24H,5-8H2,1-2H3,(H,25,27,28);2*1-2H,(H,5,6)(H,7,8)/b;;2*2-1+. The van der Waals surface area contributed by atoms with E-state index in [0.717, 1.165) is 116 Å². The summed E-state index contributed by atoms with van der Waals surface area (Å²) in [6, 6.07) is 9.98. The number of aromatic nitrogens is 8. The fraction of sp³-hybridized carbons (Fsp3) is 0.269. The van der Waals surface area contributed by atoms with E-state index < -0.39 is 23.9 Å². The van der Waals surface area contributed by atoms with Crippen molar-refractivity contribution in [1.29, 1.82) is 0 Å². The number of hydrogen-bond donors (Lipinski definition) is 8. The van der Waals surface area contributed by atoms with Gasteiger partial charge in [-0.3, -0.25) is 9.36 Å². The van der Waals surface area contributed by atoms with Gasteiger partial charge in [0.1, 0.15) is 23.1 Å². The van der Waals surface area contributed by atoms with Crippen molar-refractivity contribution in [3.8, 4) is 33.8 Å². The molecule has 2 aromatic carbocycles. The minimum atomic E-state index is -1.26. The molecule has 8 aromatic rings. The molecule has 408 valence electrons. The number of carbonyl (C=O) groups is 4. The molecule has 0 aliphatic carbocycles. The van der Waals surface area contributed by atoms with E-state index in [9.17, 15) is 28.0 Å². The molecule has 0 spiro atoms. The number of carboxylic acid groups (broad SMARTS) is 4. The van der Waals surface area contributed by atoms with Gasteiger partial charge in [0, 0.05) is 80.8 Å². The second kappa shape index (κ2) is 26.9. The van der Waals surface area contributed by atoms with E-state index in [1.54, 1.807) is 61.4 Å². The van der Waals surface area contributed by atoms with Gasteiger partial charge < -0.3 is 51.2 Å². The zero-order valence-corrected chi connectivity index (χ0v) is 44.1. The van der Waals surface area contributed by atoms with Crippen LogP contribution in [0.15, 0.2) is 97.9 Å². The first-order chi connectivity index (χ1) is 37.5. The fourth-order valence-electron chi connectivity index (χ4n) is 8.40. The maximum absolute atomic E-state index is 13.7. The highest BCUT2D eigenvalue weighted by Gasteiger charge is 2.22. The lowest BCUT2D eigenvalue weighted by Gasteiger charge is -2.22. The SMILES string of the molecule is COc1cc(F)ccc1-c1c(C)sc2cnc(Nc3cnn(C4CCNCC4)c3)nc12.COc1cc(F)ccc1-c1c(C)sc2cnc(Nc3cnn(C4CCNCC4)c3)nc12.O=C(O)/C=C/C(=O)O.O=C(O)/C=C/C(=O)O. The maximum Gasteiger partial charge on any atom is 0.328 e. The number of ether oxygens (including phenoxy) is 2. The van der Waals surface area contributed by atoms with E-state index in [2.05, 4.69) is 41.4 Å². The molecule has 0 radical (unpaired) electrons. The van der Waals surface area contributed by atoms with Crippen molar-refractivity contribution in [2.24, 2.45) is 0 Å². The lowest BCUT2D eigenvalue weighted by atomic mass is 10.0. The van der Waals surface area contributed by atoms with Gasteiger partial charge in [0.15, 0.2) is 0 Å². The zero-order chi connectivity index (χ0) is 55.9. The molecule has 22 nitrogen and oxygen atoms in total. The molecule has 0 unspecified atom stereocenters. The molecule has 10 rings (SSSR count). The van der Waals surface area contributed by atoms with E-state index in [1.807, 2.05) is 48.0 Å². The van der Waals surface area contributed by atoms with E-state index in [0.29, 0.717) is 59.8 Å². The number of anilines is 4. The normalized spacial score (nSPS) is 13.7. The second-order valence-corrected chi connectivity index (χ2v) is 19.7. The number of nitrogens with one attached hydrogen (secondary N) is 4. The van der Waals surface area contributed by atoms with Gasteiger partial charge in [0.05, 0.1) is 82.9 Å². The molecule has 6 aromatic heterocycles. The Balaban J connectivity index is 0.000000177. The van der Waals surface area contributed by atoms with Crippen molar-refractivity contribution < 1.29 is 57.9 Å². The summed E-state index contributed by atoms with van der Waals surface area (Å²) in [6.45, 7) is 8.11. The number of thiophene rings is 2. The largest absolute Gasteiger partial charge is 0.496 e. The summed E-state index contributed by atoms with van der Waals surface area (Å²) in [4.78, 5) is 58.9. The number of aliphatic carboxylic acids is 4. The summed E-state index contributed by atoms with van der Waals surface area (Å²) in [7, 11) is 3.09. The van der Waals surface area contributed by atoms with Crippen LogP contribution in [0.5, 0.6) is 11.5 Å². The minimum Gasteiger partial charge on any atom is -0.496 e.